The molecule has 1 aromatic heterocycles. The third-order valence-electron chi connectivity index (χ3n) is 8.41. The van der Waals surface area contributed by atoms with Gasteiger partial charge in [0.2, 0.25) is 5.88 Å². The summed E-state index contributed by atoms with van der Waals surface area (Å²) < 4.78 is 7.16. The van der Waals surface area contributed by atoms with Crippen LogP contribution in [-0.4, -0.2) is 37.6 Å². The van der Waals surface area contributed by atoms with Gasteiger partial charge in [0, 0.05) is 26.8 Å². The van der Waals surface area contributed by atoms with Gasteiger partial charge in [0.1, 0.15) is 0 Å². The lowest BCUT2D eigenvalue weighted by atomic mass is 9.59. The molecular weight excluding hydrogens is 580 g/mol. The van der Waals surface area contributed by atoms with Crippen molar-refractivity contribution in [2.45, 2.75) is 17.8 Å². The summed E-state index contributed by atoms with van der Waals surface area (Å²) in [5.74, 6) is 0.557. The average Bonchev–Trinajstić information content (AvgIpc) is 3.03. The Morgan fingerprint density at radius 3 is 2.19 bits per heavy atom. The molecule has 0 radical (unpaired) electrons. The Labute approximate surface area is 256 Å². The minimum Gasteiger partial charge on any atom is -0.481 e. The first kappa shape index (κ1) is 28.1. The van der Waals surface area contributed by atoms with Crippen molar-refractivity contribution in [2.24, 2.45) is 0 Å². The second-order valence-corrected chi connectivity index (χ2v) is 12.1. The van der Waals surface area contributed by atoms with Gasteiger partial charge in [0.15, 0.2) is 0 Å². The molecule has 0 aliphatic rings. The summed E-state index contributed by atoms with van der Waals surface area (Å²) >= 11 is 3.69. The van der Waals surface area contributed by atoms with Crippen molar-refractivity contribution >= 4 is 37.6 Å². The average molecular weight is 616 g/mol. The van der Waals surface area contributed by atoms with E-state index in [1.165, 1.54) is 27.5 Å². The van der Waals surface area contributed by atoms with E-state index in [9.17, 15) is 0 Å². The smallest absolute Gasteiger partial charge is 0.217 e. The van der Waals surface area contributed by atoms with E-state index in [4.69, 9.17) is 9.72 Å². The standard InChI is InChI=1S/C38H35BrN2O/c1-41(2)24-23-38(30-17-8-5-9-18-30,34-20-12-16-27-13-10-11-19-32(27)34)36(28-14-6-4-7-15-28)33-26-29-25-31(39)21-22-35(29)40-37(33)42-3/h4-22,25-26,36H,23-24H2,1-3H3. The van der Waals surface area contributed by atoms with Crippen molar-refractivity contribution in [3.8, 4) is 5.88 Å². The largest absolute Gasteiger partial charge is 0.481 e. The van der Waals surface area contributed by atoms with Crippen LogP contribution in [0.1, 0.15) is 34.6 Å². The van der Waals surface area contributed by atoms with E-state index in [-0.39, 0.29) is 5.92 Å². The number of ether oxygens (including phenoxy) is 1. The Morgan fingerprint density at radius 1 is 0.762 bits per heavy atom. The van der Waals surface area contributed by atoms with Crippen LogP contribution in [0, 0.1) is 0 Å². The van der Waals surface area contributed by atoms with Crippen LogP contribution < -0.4 is 4.74 Å². The van der Waals surface area contributed by atoms with Gasteiger partial charge in [0.25, 0.3) is 0 Å². The molecular formula is C38H35BrN2O. The van der Waals surface area contributed by atoms with Gasteiger partial charge in [0.05, 0.1) is 12.6 Å². The molecule has 0 saturated carbocycles. The third-order valence-corrected chi connectivity index (χ3v) is 8.91. The van der Waals surface area contributed by atoms with Crippen LogP contribution in [0.25, 0.3) is 21.7 Å². The van der Waals surface area contributed by atoms with Gasteiger partial charge in [-0.3, -0.25) is 0 Å². The van der Waals surface area contributed by atoms with Gasteiger partial charge in [-0.1, -0.05) is 119 Å². The molecule has 4 heteroatoms. The predicted octanol–water partition coefficient (Wildman–Crippen LogP) is 9.23. The Morgan fingerprint density at radius 2 is 1.45 bits per heavy atom. The number of rotatable bonds is 9. The number of hydrogen-bond acceptors (Lipinski definition) is 3. The minimum absolute atomic E-state index is 0.0994. The third kappa shape index (κ3) is 5.21. The van der Waals surface area contributed by atoms with Crippen LogP contribution in [0.2, 0.25) is 0 Å². The molecule has 6 aromatic rings. The first-order valence-electron chi connectivity index (χ1n) is 14.4. The highest BCUT2D eigenvalue weighted by molar-refractivity contribution is 9.10. The number of halogens is 1. The van der Waals surface area contributed by atoms with Crippen molar-refractivity contribution in [3.63, 3.8) is 0 Å². The zero-order valence-electron chi connectivity index (χ0n) is 24.3. The normalized spacial score (nSPS) is 13.7. The van der Waals surface area contributed by atoms with E-state index in [1.807, 2.05) is 12.1 Å². The number of benzene rings is 5. The molecule has 5 aromatic carbocycles. The second-order valence-electron chi connectivity index (χ2n) is 11.2. The van der Waals surface area contributed by atoms with Crippen molar-refractivity contribution < 1.29 is 4.74 Å². The highest BCUT2D eigenvalue weighted by Crippen LogP contribution is 2.54. The second kappa shape index (κ2) is 12.1. The summed E-state index contributed by atoms with van der Waals surface area (Å²) in [6, 6.07) is 46.0. The molecule has 1 heterocycles. The fourth-order valence-corrected chi connectivity index (χ4v) is 6.92. The van der Waals surface area contributed by atoms with Gasteiger partial charge in [-0.15, -0.1) is 0 Å². The molecule has 0 fully saturated rings. The Hall–Kier alpha value is -3.99. The molecule has 2 unspecified atom stereocenters. The zero-order valence-corrected chi connectivity index (χ0v) is 25.9. The molecule has 3 nitrogen and oxygen atoms in total. The van der Waals surface area contributed by atoms with E-state index in [0.29, 0.717) is 5.88 Å². The van der Waals surface area contributed by atoms with E-state index in [0.717, 1.165) is 33.9 Å². The first-order chi connectivity index (χ1) is 20.5. The van der Waals surface area contributed by atoms with Gasteiger partial charge >= 0.3 is 0 Å². The number of methoxy groups -OCH3 is 1. The van der Waals surface area contributed by atoms with Crippen LogP contribution in [0.3, 0.4) is 0 Å². The van der Waals surface area contributed by atoms with Crippen LogP contribution >= 0.6 is 15.9 Å². The molecule has 0 spiro atoms. The highest BCUT2D eigenvalue weighted by atomic mass is 79.9. The number of hydrogen-bond donors (Lipinski definition) is 0. The molecule has 42 heavy (non-hydrogen) atoms. The lowest BCUT2D eigenvalue weighted by Gasteiger charge is -2.44. The van der Waals surface area contributed by atoms with Crippen molar-refractivity contribution in [1.29, 1.82) is 0 Å². The monoisotopic (exact) mass is 614 g/mol. The molecule has 210 valence electrons. The number of aromatic nitrogens is 1. The molecule has 6 rings (SSSR count). The molecule has 0 aliphatic carbocycles. The first-order valence-corrected chi connectivity index (χ1v) is 15.2. The van der Waals surface area contributed by atoms with Gasteiger partial charge in [-0.05, 0) is 78.8 Å². The molecule has 0 N–H and O–H groups in total. The van der Waals surface area contributed by atoms with E-state index in [1.54, 1.807) is 7.11 Å². The summed E-state index contributed by atoms with van der Waals surface area (Å²) in [7, 11) is 6.05. The minimum atomic E-state index is -0.456. The molecule has 2 atom stereocenters. The fourth-order valence-electron chi connectivity index (χ4n) is 6.54. The molecule has 0 saturated heterocycles. The molecule has 0 bridgehead atoms. The Kier molecular flexibility index (Phi) is 8.10. The maximum absolute atomic E-state index is 6.13. The summed E-state index contributed by atoms with van der Waals surface area (Å²) in [5, 5.41) is 3.58. The van der Waals surface area contributed by atoms with Crippen LogP contribution in [0.5, 0.6) is 5.88 Å². The van der Waals surface area contributed by atoms with Crippen molar-refractivity contribution in [3.05, 3.63) is 154 Å². The van der Waals surface area contributed by atoms with E-state index < -0.39 is 5.41 Å². The Balaban J connectivity index is 1.79. The van der Waals surface area contributed by atoms with Crippen molar-refractivity contribution in [1.82, 2.24) is 9.88 Å². The summed E-state index contributed by atoms with van der Waals surface area (Å²) in [4.78, 5) is 7.38. The number of fused-ring (bicyclic) bond motifs is 2. The Bertz CT molecular complexity index is 1820. The topological polar surface area (TPSA) is 25.4 Å². The lowest BCUT2D eigenvalue weighted by molar-refractivity contribution is 0.319. The molecule has 0 amide bonds. The quantitative estimate of drug-likeness (QED) is 0.162. The fraction of sp³-hybridized carbons (Fsp3) is 0.184. The summed E-state index contributed by atoms with van der Waals surface area (Å²) in [5.41, 5.74) is 5.33. The highest BCUT2D eigenvalue weighted by Gasteiger charge is 2.46. The van der Waals surface area contributed by atoms with Crippen LogP contribution in [-0.2, 0) is 5.41 Å². The van der Waals surface area contributed by atoms with Gasteiger partial charge in [-0.25, -0.2) is 4.98 Å². The van der Waals surface area contributed by atoms with Crippen molar-refractivity contribution in [2.75, 3.05) is 27.7 Å². The summed E-state index contributed by atoms with van der Waals surface area (Å²) in [6.07, 6.45) is 0.886. The lowest BCUT2D eigenvalue weighted by Crippen LogP contribution is -2.39. The number of nitrogens with zero attached hydrogens (tertiary/aromatic N) is 2. The molecule has 0 aliphatic heterocycles. The zero-order chi connectivity index (χ0) is 29.1. The maximum atomic E-state index is 6.13. The van der Waals surface area contributed by atoms with Crippen LogP contribution in [0.4, 0.5) is 0 Å². The van der Waals surface area contributed by atoms with Crippen LogP contribution in [0.15, 0.2) is 132 Å². The van der Waals surface area contributed by atoms with Gasteiger partial charge in [-0.2, -0.15) is 0 Å². The summed E-state index contributed by atoms with van der Waals surface area (Å²) in [6.45, 7) is 0.899. The van der Waals surface area contributed by atoms with E-state index in [2.05, 4.69) is 150 Å². The van der Waals surface area contributed by atoms with Gasteiger partial charge < -0.3 is 9.64 Å². The SMILES string of the molecule is COc1nc2ccc(Br)cc2cc1C(c1ccccc1)C(CCN(C)C)(c1ccccc1)c1cccc2ccccc12. The predicted molar refractivity (Wildman–Crippen MR) is 179 cm³/mol. The van der Waals surface area contributed by atoms with E-state index >= 15 is 0 Å². The number of pyridine rings is 1. The maximum Gasteiger partial charge on any atom is 0.217 e.